The minimum absolute atomic E-state index is 0.0167. The first-order valence-electron chi connectivity index (χ1n) is 8.12. The molecule has 2 aromatic rings. The van der Waals surface area contributed by atoms with Crippen LogP contribution in [0.15, 0.2) is 42.5 Å². The maximum absolute atomic E-state index is 13.7. The van der Waals surface area contributed by atoms with Gasteiger partial charge < -0.3 is 15.2 Å². The van der Waals surface area contributed by atoms with Crippen molar-refractivity contribution in [3.8, 4) is 0 Å². The summed E-state index contributed by atoms with van der Waals surface area (Å²) in [4.78, 5) is 23.5. The Hall–Kier alpha value is -2.44. The highest BCUT2D eigenvalue weighted by atomic mass is 35.5. The summed E-state index contributed by atoms with van der Waals surface area (Å²) in [6.07, 6.45) is -0.164. The van der Waals surface area contributed by atoms with Crippen molar-refractivity contribution < 1.29 is 23.8 Å². The predicted octanol–water partition coefficient (Wildman–Crippen LogP) is 3.82. The maximum Gasteiger partial charge on any atom is 0.307 e. The average Bonchev–Trinajstić information content (AvgIpc) is 3.07. The molecule has 5 nitrogen and oxygen atoms in total. The number of rotatable bonds is 5. The van der Waals surface area contributed by atoms with Gasteiger partial charge in [0.05, 0.1) is 23.5 Å². The number of hydrogen-bond acceptors (Lipinski definition) is 3. The molecule has 0 bridgehead atoms. The molecule has 0 radical (unpaired) electrons. The highest BCUT2D eigenvalue weighted by Crippen LogP contribution is 2.36. The molecule has 7 heteroatoms. The maximum atomic E-state index is 13.7. The molecule has 2 aromatic carbocycles. The standard InChI is InChI=1S/C19H17ClFNO4/c20-15-5-4-12(10-16(15)21)18-14(6-7-26-18)19(25)22-13-3-1-2-11(8-13)9-17(23)24/h1-5,8,10,14,18H,6-7,9H2,(H,22,25)(H,23,24)/t14-,18+/m1/s1. The van der Waals surface area contributed by atoms with Crippen LogP contribution in [0.1, 0.15) is 23.7 Å². The van der Waals surface area contributed by atoms with Crippen molar-refractivity contribution in [3.05, 3.63) is 64.4 Å². The van der Waals surface area contributed by atoms with E-state index in [0.717, 1.165) is 0 Å². The van der Waals surface area contributed by atoms with Gasteiger partial charge in [0.25, 0.3) is 0 Å². The number of benzene rings is 2. The second-order valence-corrected chi connectivity index (χ2v) is 6.53. The second-order valence-electron chi connectivity index (χ2n) is 6.12. The summed E-state index contributed by atoms with van der Waals surface area (Å²) in [6, 6.07) is 11.1. The van der Waals surface area contributed by atoms with Crippen molar-refractivity contribution in [3.63, 3.8) is 0 Å². The quantitative estimate of drug-likeness (QED) is 0.830. The first-order valence-corrected chi connectivity index (χ1v) is 8.50. The first-order chi connectivity index (χ1) is 12.4. The number of carboxylic acids is 1. The van der Waals surface area contributed by atoms with E-state index in [1.807, 2.05) is 0 Å². The van der Waals surface area contributed by atoms with E-state index in [9.17, 15) is 14.0 Å². The van der Waals surface area contributed by atoms with Gasteiger partial charge in [-0.15, -0.1) is 0 Å². The third kappa shape index (κ3) is 4.20. The van der Waals surface area contributed by atoms with Gasteiger partial charge in [0.1, 0.15) is 5.82 Å². The van der Waals surface area contributed by atoms with Crippen LogP contribution in [0.3, 0.4) is 0 Å². The molecule has 1 aliphatic heterocycles. The fraction of sp³-hybridized carbons (Fsp3) is 0.263. The van der Waals surface area contributed by atoms with Crippen molar-refractivity contribution >= 4 is 29.2 Å². The third-order valence-corrected chi connectivity index (χ3v) is 4.56. The van der Waals surface area contributed by atoms with E-state index in [1.54, 1.807) is 30.3 Å². The molecule has 0 aliphatic carbocycles. The zero-order valence-electron chi connectivity index (χ0n) is 13.7. The molecule has 1 aliphatic rings. The summed E-state index contributed by atoms with van der Waals surface area (Å²) < 4.78 is 19.4. The average molecular weight is 378 g/mol. The molecule has 1 heterocycles. The molecule has 136 valence electrons. The summed E-state index contributed by atoms with van der Waals surface area (Å²) in [5, 5.41) is 11.7. The van der Waals surface area contributed by atoms with E-state index in [0.29, 0.717) is 29.8 Å². The van der Waals surface area contributed by atoms with E-state index in [2.05, 4.69) is 5.32 Å². The highest BCUT2D eigenvalue weighted by molar-refractivity contribution is 6.30. The van der Waals surface area contributed by atoms with E-state index in [4.69, 9.17) is 21.4 Å². The number of carboxylic acid groups (broad SMARTS) is 1. The predicted molar refractivity (Wildman–Crippen MR) is 94.6 cm³/mol. The molecule has 2 atom stereocenters. The van der Waals surface area contributed by atoms with Crippen molar-refractivity contribution in [2.24, 2.45) is 5.92 Å². The summed E-state index contributed by atoms with van der Waals surface area (Å²) in [5.41, 5.74) is 1.67. The van der Waals surface area contributed by atoms with Crippen molar-refractivity contribution in [1.29, 1.82) is 0 Å². The molecule has 0 unspecified atom stereocenters. The minimum Gasteiger partial charge on any atom is -0.481 e. The monoisotopic (exact) mass is 377 g/mol. The number of carbonyl (C=O) groups is 2. The van der Waals surface area contributed by atoms with Gasteiger partial charge in [0.15, 0.2) is 0 Å². The first kappa shape index (κ1) is 18.4. The topological polar surface area (TPSA) is 75.6 Å². The van der Waals surface area contributed by atoms with Crippen LogP contribution in [0.4, 0.5) is 10.1 Å². The molecule has 2 N–H and O–H groups in total. The lowest BCUT2D eigenvalue weighted by molar-refractivity contribution is -0.136. The number of carbonyl (C=O) groups excluding carboxylic acids is 1. The summed E-state index contributed by atoms with van der Waals surface area (Å²) in [7, 11) is 0. The fourth-order valence-electron chi connectivity index (χ4n) is 3.04. The van der Waals surface area contributed by atoms with E-state index in [1.165, 1.54) is 12.1 Å². The van der Waals surface area contributed by atoms with Crippen LogP contribution in [0.25, 0.3) is 0 Å². The molecule has 0 aromatic heterocycles. The molecule has 1 fully saturated rings. The van der Waals surface area contributed by atoms with Crippen LogP contribution >= 0.6 is 11.6 Å². The van der Waals surface area contributed by atoms with Crippen LogP contribution in [-0.4, -0.2) is 23.6 Å². The zero-order chi connectivity index (χ0) is 18.7. The van der Waals surface area contributed by atoms with E-state index in [-0.39, 0.29) is 17.4 Å². The molecule has 0 saturated carbocycles. The number of ether oxygens (including phenoxy) is 1. The SMILES string of the molecule is O=C(O)Cc1cccc(NC(=O)[C@@H]2CCO[C@H]2c2ccc(Cl)c(F)c2)c1. The van der Waals surface area contributed by atoms with Crippen LogP contribution < -0.4 is 5.32 Å². The van der Waals surface area contributed by atoms with Crippen LogP contribution in [0.5, 0.6) is 0 Å². The molecule has 26 heavy (non-hydrogen) atoms. The highest BCUT2D eigenvalue weighted by Gasteiger charge is 2.35. The van der Waals surface area contributed by atoms with Gasteiger partial charge >= 0.3 is 5.97 Å². The van der Waals surface area contributed by atoms with Gasteiger partial charge in [-0.25, -0.2) is 4.39 Å². The Labute approximate surface area is 154 Å². The largest absolute Gasteiger partial charge is 0.481 e. The number of amides is 1. The Bertz CT molecular complexity index is 842. The number of aliphatic carboxylic acids is 1. The Morgan fingerprint density at radius 3 is 2.81 bits per heavy atom. The molecule has 1 amide bonds. The van der Waals surface area contributed by atoms with Crippen molar-refractivity contribution in [2.45, 2.75) is 18.9 Å². The minimum atomic E-state index is -0.942. The van der Waals surface area contributed by atoms with Gasteiger partial charge in [0, 0.05) is 12.3 Å². The van der Waals surface area contributed by atoms with Gasteiger partial charge in [-0.2, -0.15) is 0 Å². The summed E-state index contributed by atoms with van der Waals surface area (Å²) in [6.45, 7) is 0.395. The summed E-state index contributed by atoms with van der Waals surface area (Å²) >= 11 is 5.71. The number of hydrogen-bond donors (Lipinski definition) is 2. The Balaban J connectivity index is 1.74. The second kappa shape index (κ2) is 7.85. The van der Waals surface area contributed by atoms with Crippen molar-refractivity contribution in [2.75, 3.05) is 11.9 Å². The Morgan fingerprint density at radius 1 is 1.27 bits per heavy atom. The Morgan fingerprint density at radius 2 is 2.08 bits per heavy atom. The zero-order valence-corrected chi connectivity index (χ0v) is 14.5. The molecule has 0 spiro atoms. The van der Waals surface area contributed by atoms with Gasteiger partial charge in [-0.1, -0.05) is 29.8 Å². The van der Waals surface area contributed by atoms with Crippen LogP contribution in [-0.2, 0) is 20.7 Å². The Kier molecular flexibility index (Phi) is 5.54. The number of halogens is 2. The van der Waals surface area contributed by atoms with E-state index < -0.39 is 23.8 Å². The third-order valence-electron chi connectivity index (χ3n) is 4.25. The van der Waals surface area contributed by atoms with Crippen LogP contribution in [0, 0.1) is 11.7 Å². The number of anilines is 1. The fourth-order valence-corrected chi connectivity index (χ4v) is 3.16. The normalized spacial score (nSPS) is 19.3. The lowest BCUT2D eigenvalue weighted by Gasteiger charge is -2.19. The number of nitrogens with one attached hydrogen (secondary N) is 1. The van der Waals surface area contributed by atoms with Crippen LogP contribution in [0.2, 0.25) is 5.02 Å². The van der Waals surface area contributed by atoms with Gasteiger partial charge in [0.2, 0.25) is 5.91 Å². The van der Waals surface area contributed by atoms with Crippen molar-refractivity contribution in [1.82, 2.24) is 0 Å². The lowest BCUT2D eigenvalue weighted by atomic mass is 9.94. The molecular formula is C19H17ClFNO4. The molecular weight excluding hydrogens is 361 g/mol. The van der Waals surface area contributed by atoms with Gasteiger partial charge in [-0.3, -0.25) is 9.59 Å². The summed E-state index contributed by atoms with van der Waals surface area (Å²) in [5.74, 6) is -2.23. The van der Waals surface area contributed by atoms with E-state index >= 15 is 0 Å². The smallest absolute Gasteiger partial charge is 0.307 e. The lowest BCUT2D eigenvalue weighted by Crippen LogP contribution is -2.25. The molecule has 1 saturated heterocycles. The molecule has 3 rings (SSSR count). The van der Waals surface area contributed by atoms with Gasteiger partial charge in [-0.05, 0) is 41.8 Å².